The van der Waals surface area contributed by atoms with Gasteiger partial charge in [-0.05, 0) is 37.1 Å². The number of fused-ring (bicyclic) bond motifs is 1. The molecule has 2 N–H and O–H groups in total. The van der Waals surface area contributed by atoms with Gasteiger partial charge >= 0.3 is 0 Å². The number of anilines is 1. The predicted molar refractivity (Wildman–Crippen MR) is 124 cm³/mol. The van der Waals surface area contributed by atoms with Crippen LogP contribution in [0.2, 0.25) is 0 Å². The summed E-state index contributed by atoms with van der Waals surface area (Å²) in [6.45, 7) is 7.68. The molecular formula is C24H26N6O3. The highest BCUT2D eigenvalue weighted by Gasteiger charge is 2.30. The summed E-state index contributed by atoms with van der Waals surface area (Å²) in [5.74, 6) is 0.163. The van der Waals surface area contributed by atoms with E-state index in [1.54, 1.807) is 16.6 Å². The van der Waals surface area contributed by atoms with E-state index in [1.807, 2.05) is 30.3 Å². The van der Waals surface area contributed by atoms with Crippen molar-refractivity contribution >= 4 is 23.4 Å². The fourth-order valence-electron chi connectivity index (χ4n) is 3.83. The van der Waals surface area contributed by atoms with Gasteiger partial charge in [0, 0.05) is 42.4 Å². The quantitative estimate of drug-likeness (QED) is 0.578. The molecule has 2 aliphatic rings. The minimum atomic E-state index is -0.191. The number of rotatable bonds is 7. The molecule has 33 heavy (non-hydrogen) atoms. The van der Waals surface area contributed by atoms with Crippen LogP contribution in [0.4, 0.5) is 5.95 Å². The van der Waals surface area contributed by atoms with Crippen LogP contribution < -0.4 is 10.6 Å². The first-order valence-electron chi connectivity index (χ1n) is 11.1. The molecule has 9 heteroatoms. The van der Waals surface area contributed by atoms with E-state index in [0.717, 1.165) is 37.2 Å². The monoisotopic (exact) mass is 446 g/mol. The molecule has 1 aliphatic heterocycles. The van der Waals surface area contributed by atoms with Crippen molar-refractivity contribution in [2.45, 2.75) is 12.8 Å². The Morgan fingerprint density at radius 3 is 2.58 bits per heavy atom. The van der Waals surface area contributed by atoms with E-state index < -0.39 is 0 Å². The van der Waals surface area contributed by atoms with E-state index in [4.69, 9.17) is 4.74 Å². The molecule has 3 heterocycles. The maximum absolute atomic E-state index is 12.6. The number of morpholine rings is 1. The standard InChI is InChI=1S/C24H26N6O3/c1-16(15-29-11-13-33-14-12-29)25-22(31)18-7-5-17(6-8-18)20-3-2-4-21-26-24(28-30(20)21)27-23(32)19-9-10-19/h2-8,19H,1,9-15H2,(H,25,31)(H,27,28,32). The Bertz CT molecular complexity index is 1190. The van der Waals surface area contributed by atoms with Crippen LogP contribution in [-0.4, -0.2) is 64.2 Å². The maximum atomic E-state index is 12.6. The second kappa shape index (κ2) is 9.13. The van der Waals surface area contributed by atoms with Crippen LogP contribution in [0.3, 0.4) is 0 Å². The van der Waals surface area contributed by atoms with E-state index >= 15 is 0 Å². The highest BCUT2D eigenvalue weighted by Crippen LogP contribution is 2.30. The second-order valence-corrected chi connectivity index (χ2v) is 8.40. The molecule has 2 aromatic heterocycles. The van der Waals surface area contributed by atoms with Crippen LogP contribution in [0, 0.1) is 5.92 Å². The minimum absolute atomic E-state index is 0.0296. The summed E-state index contributed by atoms with van der Waals surface area (Å²) in [6, 6.07) is 13.0. The first-order chi connectivity index (χ1) is 16.1. The van der Waals surface area contributed by atoms with Gasteiger partial charge in [-0.15, -0.1) is 5.10 Å². The van der Waals surface area contributed by atoms with Crippen molar-refractivity contribution in [3.63, 3.8) is 0 Å². The van der Waals surface area contributed by atoms with Crippen LogP contribution in [0.15, 0.2) is 54.7 Å². The van der Waals surface area contributed by atoms with Gasteiger partial charge in [-0.1, -0.05) is 24.8 Å². The van der Waals surface area contributed by atoms with E-state index in [-0.39, 0.29) is 17.7 Å². The maximum Gasteiger partial charge on any atom is 0.255 e. The Balaban J connectivity index is 1.27. The normalized spacial score (nSPS) is 16.5. The fourth-order valence-corrected chi connectivity index (χ4v) is 3.83. The minimum Gasteiger partial charge on any atom is -0.379 e. The summed E-state index contributed by atoms with van der Waals surface area (Å²) in [5.41, 5.74) is 3.55. The van der Waals surface area contributed by atoms with Gasteiger partial charge in [0.05, 0.1) is 18.9 Å². The van der Waals surface area contributed by atoms with E-state index in [2.05, 4.69) is 32.2 Å². The van der Waals surface area contributed by atoms with Crippen molar-refractivity contribution in [2.24, 2.45) is 5.92 Å². The first kappa shape index (κ1) is 21.3. The number of ether oxygens (including phenoxy) is 1. The average Bonchev–Trinajstić information content (AvgIpc) is 3.59. The summed E-state index contributed by atoms with van der Waals surface area (Å²) in [5, 5.41) is 10.1. The van der Waals surface area contributed by atoms with Gasteiger partial charge in [0.2, 0.25) is 11.9 Å². The van der Waals surface area contributed by atoms with Crippen LogP contribution in [0.5, 0.6) is 0 Å². The van der Waals surface area contributed by atoms with E-state index in [0.29, 0.717) is 42.6 Å². The third-order valence-electron chi connectivity index (χ3n) is 5.79. The van der Waals surface area contributed by atoms with Crippen LogP contribution in [0.1, 0.15) is 23.2 Å². The zero-order chi connectivity index (χ0) is 22.8. The molecule has 2 fully saturated rings. The Morgan fingerprint density at radius 1 is 1.09 bits per heavy atom. The van der Waals surface area contributed by atoms with E-state index in [9.17, 15) is 9.59 Å². The number of pyridine rings is 1. The number of benzene rings is 1. The van der Waals surface area contributed by atoms with Crippen molar-refractivity contribution in [1.29, 1.82) is 0 Å². The van der Waals surface area contributed by atoms with Gasteiger partial charge in [-0.25, -0.2) is 4.52 Å². The molecule has 0 unspecified atom stereocenters. The number of nitrogens with zero attached hydrogens (tertiary/aromatic N) is 4. The zero-order valence-electron chi connectivity index (χ0n) is 18.3. The molecule has 5 rings (SSSR count). The number of nitrogens with one attached hydrogen (secondary N) is 2. The number of aromatic nitrogens is 3. The molecule has 1 aromatic carbocycles. The van der Waals surface area contributed by atoms with Crippen LogP contribution in [-0.2, 0) is 9.53 Å². The Morgan fingerprint density at radius 2 is 1.85 bits per heavy atom. The Labute approximate surface area is 191 Å². The number of carbonyl (C=O) groups is 2. The molecule has 0 bridgehead atoms. The molecule has 2 amide bonds. The molecule has 170 valence electrons. The lowest BCUT2D eigenvalue weighted by molar-refractivity contribution is -0.117. The molecule has 0 spiro atoms. The third kappa shape index (κ3) is 4.94. The van der Waals surface area contributed by atoms with Crippen LogP contribution in [0.25, 0.3) is 16.9 Å². The Kier molecular flexibility index (Phi) is 5.89. The second-order valence-electron chi connectivity index (χ2n) is 8.40. The van der Waals surface area contributed by atoms with Gasteiger partial charge in [-0.2, -0.15) is 4.98 Å². The van der Waals surface area contributed by atoms with E-state index in [1.165, 1.54) is 0 Å². The van der Waals surface area contributed by atoms with Gasteiger partial charge in [0.25, 0.3) is 5.91 Å². The smallest absolute Gasteiger partial charge is 0.255 e. The number of hydrogen-bond donors (Lipinski definition) is 2. The topological polar surface area (TPSA) is 101 Å². The van der Waals surface area contributed by atoms with Crippen LogP contribution >= 0.6 is 0 Å². The highest BCUT2D eigenvalue weighted by molar-refractivity contribution is 5.95. The van der Waals surface area contributed by atoms with Gasteiger partial charge in [0.15, 0.2) is 5.65 Å². The molecule has 3 aromatic rings. The lowest BCUT2D eigenvalue weighted by Crippen LogP contribution is -2.40. The van der Waals surface area contributed by atoms with Crippen molar-refractivity contribution in [3.05, 3.63) is 60.3 Å². The van der Waals surface area contributed by atoms with Crippen molar-refractivity contribution < 1.29 is 14.3 Å². The molecule has 1 saturated carbocycles. The summed E-state index contributed by atoms with van der Waals surface area (Å²) in [6.07, 6.45) is 1.84. The number of carbonyl (C=O) groups excluding carboxylic acids is 2. The lowest BCUT2D eigenvalue weighted by Gasteiger charge is -2.27. The highest BCUT2D eigenvalue weighted by atomic mass is 16.5. The lowest BCUT2D eigenvalue weighted by atomic mass is 10.1. The molecule has 0 atom stereocenters. The molecular weight excluding hydrogens is 420 g/mol. The summed E-state index contributed by atoms with van der Waals surface area (Å²) >= 11 is 0. The van der Waals surface area contributed by atoms with Gasteiger partial charge in [0.1, 0.15) is 0 Å². The predicted octanol–water partition coefficient (Wildman–Crippen LogP) is 2.32. The molecule has 1 saturated heterocycles. The van der Waals surface area contributed by atoms with Gasteiger partial charge in [-0.3, -0.25) is 19.8 Å². The third-order valence-corrected chi connectivity index (χ3v) is 5.79. The average molecular weight is 447 g/mol. The SMILES string of the molecule is C=C(CN1CCOCC1)NC(=O)c1ccc(-c2cccc3nc(NC(=O)C4CC4)nn23)cc1. The zero-order valence-corrected chi connectivity index (χ0v) is 18.3. The summed E-state index contributed by atoms with van der Waals surface area (Å²) in [7, 11) is 0. The summed E-state index contributed by atoms with van der Waals surface area (Å²) in [4.78, 5) is 31.3. The number of amides is 2. The molecule has 1 aliphatic carbocycles. The molecule has 0 radical (unpaired) electrons. The van der Waals surface area contributed by atoms with Gasteiger partial charge < -0.3 is 10.1 Å². The van der Waals surface area contributed by atoms with Crippen molar-refractivity contribution in [2.75, 3.05) is 38.2 Å². The van der Waals surface area contributed by atoms with Crippen molar-refractivity contribution in [3.8, 4) is 11.3 Å². The summed E-state index contributed by atoms with van der Waals surface area (Å²) < 4.78 is 7.05. The largest absolute Gasteiger partial charge is 0.379 e. The molecule has 9 nitrogen and oxygen atoms in total. The fraction of sp³-hybridized carbons (Fsp3) is 0.333. The Hall–Kier alpha value is -3.56. The van der Waals surface area contributed by atoms with Crippen molar-refractivity contribution in [1.82, 2.24) is 24.8 Å². The number of hydrogen-bond acceptors (Lipinski definition) is 6. The first-order valence-corrected chi connectivity index (χ1v) is 11.1.